The van der Waals surface area contributed by atoms with Crippen molar-refractivity contribution in [3.05, 3.63) is 406 Å². The highest BCUT2D eigenvalue weighted by atomic mass is 35.5. The van der Waals surface area contributed by atoms with Crippen LogP contribution in [0.2, 0.25) is 5.02 Å². The monoisotopic (exact) mass is 1670 g/mol. The van der Waals surface area contributed by atoms with E-state index in [1.807, 2.05) is 146 Å². The molecule has 0 atom stereocenters. The summed E-state index contributed by atoms with van der Waals surface area (Å²) in [5.74, 6) is 1.12. The molecule has 0 spiro atoms. The summed E-state index contributed by atoms with van der Waals surface area (Å²) in [5.41, 5.74) is 26.9. The number of furan rings is 4. The molecule has 0 aliphatic rings. The Balaban J connectivity index is 0.000000117. The fourth-order valence-corrected chi connectivity index (χ4v) is 14.6. The predicted octanol–water partition coefficient (Wildman–Crippen LogP) is 19.2. The van der Waals surface area contributed by atoms with Crippen LogP contribution in [-0.2, 0) is 51.4 Å². The van der Waals surface area contributed by atoms with Crippen LogP contribution < -0.4 is 11.5 Å². The minimum absolute atomic E-state index is 0.00580. The summed E-state index contributed by atoms with van der Waals surface area (Å²) in [7, 11) is 0. The minimum Gasteiger partial charge on any atom is -0.508 e. The lowest BCUT2D eigenvalue weighted by Gasteiger charge is -2.10. The Morgan fingerprint density at radius 1 is 0.298 bits per heavy atom. The Labute approximate surface area is 709 Å². The van der Waals surface area contributed by atoms with E-state index in [1.165, 1.54) is 42.5 Å². The zero-order valence-corrected chi connectivity index (χ0v) is 66.5. The molecular weight excluding hydrogens is 1600 g/mol. The summed E-state index contributed by atoms with van der Waals surface area (Å²) >= 11 is 6.38. The number of anilines is 2. The second-order valence-corrected chi connectivity index (χ2v) is 29.5. The van der Waals surface area contributed by atoms with Crippen LogP contribution in [0.4, 0.5) is 24.5 Å². The number of aromatic hydroxyl groups is 6. The van der Waals surface area contributed by atoms with Gasteiger partial charge in [-0.05, 0) is 138 Å². The largest absolute Gasteiger partial charge is 0.508 e. The summed E-state index contributed by atoms with van der Waals surface area (Å²) in [5, 5.41) is 63.8. The van der Waals surface area contributed by atoms with Gasteiger partial charge in [0.05, 0.1) is 107 Å². The highest BCUT2D eigenvalue weighted by Gasteiger charge is 2.26. The average molecular weight is 1680 g/mol. The van der Waals surface area contributed by atoms with E-state index in [2.05, 4.69) is 19.9 Å². The normalized spacial score (nSPS) is 11.3. The fourth-order valence-electron chi connectivity index (χ4n) is 14.4. The summed E-state index contributed by atoms with van der Waals surface area (Å²) in [6.45, 7) is 0. The molecular formula is C96H74ClF3N14O10. The lowest BCUT2D eigenvalue weighted by atomic mass is 10.1. The molecule has 20 aromatic rings. The van der Waals surface area contributed by atoms with Crippen LogP contribution in [0, 0.1) is 17.5 Å². The van der Waals surface area contributed by atoms with Gasteiger partial charge in [0.1, 0.15) is 74.8 Å². The van der Waals surface area contributed by atoms with Crippen LogP contribution in [0.25, 0.3) is 67.6 Å². The molecule has 8 aromatic carbocycles. The van der Waals surface area contributed by atoms with Gasteiger partial charge in [-0.2, -0.15) is 0 Å². The standard InChI is InChI=1S/C24H18ClN3O3.2C24H19FN4O2.C24H18FN3O3/c25-19-9-8-16(29)12-18(19)22-14-28-23(20(26-22)11-15-5-2-1-3-6-15)27-21(24(28)30)13-17-7-4-10-31-17;25-18-9-8-16(12-19(18)26)22-14-29-23(20(27-22)11-15-5-2-1-3-6-15)28-21(24(29)30)13-17-7-4-10-31-17;25-17-10-16(11-18(26)12-17)22-14-29-23(20(27-22)9-15-5-2-1-3-6-15)28-21(24(29)30)13-19-7-4-8-31-19;25-17-10-16(11-18(29)12-17)22-14-28-23(20(26-22)9-15-5-2-1-3-6-15)27-21(24(28)30)13-19-7-4-8-31-19/h1-10,12,14,29-30H,11,13H2;1-10,12,14,30H,11,13,26H2;1-8,10-12,14,30H,9,13,26H2;1-8,10-12,14,29-30H,9,13H2. The van der Waals surface area contributed by atoms with E-state index in [0.29, 0.717) is 198 Å². The SMILES string of the molecule is Nc1cc(-c2cn3c(O)c(Cc4ccco4)nc3c(Cc3ccccc3)n2)ccc1F.Nc1cc(F)cc(-c2cn3c(O)c(Cc4ccco4)nc3c(Cc3ccccc3)n2)c1.Oc1cc(F)cc(-c2cn3c(O)c(Cc4ccco4)nc3c(Cc3ccccc3)n2)c1.Oc1ccc(Cl)c(-c2cn3c(O)c(Cc4ccco4)nc3c(Cc3ccccc3)n2)c1. The van der Waals surface area contributed by atoms with Crippen LogP contribution in [0.15, 0.2) is 310 Å². The van der Waals surface area contributed by atoms with Gasteiger partial charge in [-0.25, -0.2) is 53.0 Å². The van der Waals surface area contributed by atoms with Crippen LogP contribution in [-0.4, -0.2) is 88.1 Å². The number of aromatic nitrogens is 12. The molecule has 0 unspecified atom stereocenters. The quantitative estimate of drug-likeness (QED) is 0.0329. The van der Waals surface area contributed by atoms with E-state index >= 15 is 0 Å². The van der Waals surface area contributed by atoms with Gasteiger partial charge in [0.2, 0.25) is 23.5 Å². The molecule has 616 valence electrons. The molecule has 28 heteroatoms. The molecule has 12 heterocycles. The van der Waals surface area contributed by atoms with Gasteiger partial charge in [0.15, 0.2) is 22.6 Å². The first kappa shape index (κ1) is 80.3. The zero-order chi connectivity index (χ0) is 85.5. The van der Waals surface area contributed by atoms with Gasteiger partial charge in [0, 0.05) is 84.5 Å². The third-order valence-corrected chi connectivity index (χ3v) is 20.7. The van der Waals surface area contributed by atoms with E-state index in [0.717, 1.165) is 28.3 Å². The van der Waals surface area contributed by atoms with Crippen molar-refractivity contribution in [1.82, 2.24) is 57.5 Å². The van der Waals surface area contributed by atoms with Crippen molar-refractivity contribution < 1.29 is 61.5 Å². The molecule has 24 nitrogen and oxygen atoms in total. The molecule has 0 saturated carbocycles. The number of rotatable bonds is 20. The van der Waals surface area contributed by atoms with Crippen molar-refractivity contribution in [2.24, 2.45) is 0 Å². The number of nitrogens with two attached hydrogens (primary N) is 2. The fraction of sp³-hybridized carbons (Fsp3) is 0.0833. The Kier molecular flexibility index (Phi) is 22.9. The third kappa shape index (κ3) is 18.1. The minimum atomic E-state index is -0.574. The summed E-state index contributed by atoms with van der Waals surface area (Å²) in [6, 6.07) is 71.1. The van der Waals surface area contributed by atoms with Gasteiger partial charge >= 0.3 is 0 Å². The number of nitrogen functional groups attached to an aromatic ring is 2. The first-order valence-corrected chi connectivity index (χ1v) is 39.4. The van der Waals surface area contributed by atoms with Crippen molar-refractivity contribution in [3.63, 3.8) is 0 Å². The van der Waals surface area contributed by atoms with E-state index in [4.69, 9.17) is 60.7 Å². The highest BCUT2D eigenvalue weighted by Crippen LogP contribution is 2.38. The Hall–Kier alpha value is -16.2. The van der Waals surface area contributed by atoms with Crippen LogP contribution in [0.1, 0.15) is 90.8 Å². The maximum absolute atomic E-state index is 14.0. The van der Waals surface area contributed by atoms with Crippen LogP contribution >= 0.6 is 11.6 Å². The number of phenols is 2. The molecule has 20 rings (SSSR count). The molecule has 124 heavy (non-hydrogen) atoms. The van der Waals surface area contributed by atoms with E-state index in [9.17, 15) is 43.8 Å². The molecule has 0 fully saturated rings. The topological polar surface area (TPSA) is 347 Å². The third-order valence-electron chi connectivity index (χ3n) is 20.3. The molecule has 0 amide bonds. The second-order valence-electron chi connectivity index (χ2n) is 29.1. The van der Waals surface area contributed by atoms with E-state index in [1.54, 1.807) is 116 Å². The van der Waals surface area contributed by atoms with Crippen LogP contribution in [0.3, 0.4) is 0 Å². The number of halogens is 4. The number of phenolic OH excluding ortho intramolecular Hbond substituents is 2. The van der Waals surface area contributed by atoms with Gasteiger partial charge in [-0.1, -0.05) is 133 Å². The van der Waals surface area contributed by atoms with Gasteiger partial charge < -0.3 is 59.8 Å². The van der Waals surface area contributed by atoms with Crippen LogP contribution in [0.5, 0.6) is 35.0 Å². The summed E-state index contributed by atoms with van der Waals surface area (Å²) in [4.78, 5) is 37.7. The zero-order valence-electron chi connectivity index (χ0n) is 65.7. The molecule has 0 aliphatic carbocycles. The van der Waals surface area contributed by atoms with Crippen molar-refractivity contribution in [3.8, 4) is 80.0 Å². The predicted molar refractivity (Wildman–Crippen MR) is 460 cm³/mol. The van der Waals surface area contributed by atoms with Gasteiger partial charge in [-0.3, -0.25) is 17.6 Å². The maximum atomic E-state index is 14.0. The van der Waals surface area contributed by atoms with E-state index in [-0.39, 0.29) is 40.7 Å². The molecule has 0 bridgehead atoms. The number of fused-ring (bicyclic) bond motifs is 4. The number of benzene rings is 8. The van der Waals surface area contributed by atoms with Crippen molar-refractivity contribution >= 4 is 45.6 Å². The number of hydrogen-bond donors (Lipinski definition) is 8. The first-order valence-electron chi connectivity index (χ1n) is 39.0. The van der Waals surface area contributed by atoms with Crippen molar-refractivity contribution in [1.29, 1.82) is 0 Å². The van der Waals surface area contributed by atoms with Gasteiger partial charge in [0.25, 0.3) is 0 Å². The molecule has 0 saturated heterocycles. The average Bonchev–Trinajstić information content (AvgIpc) is 1.62. The molecule has 10 N–H and O–H groups in total. The van der Waals surface area contributed by atoms with Gasteiger partial charge in [-0.15, -0.1) is 0 Å². The van der Waals surface area contributed by atoms with E-state index < -0.39 is 17.5 Å². The Morgan fingerprint density at radius 3 is 0.976 bits per heavy atom. The number of imidazole rings is 4. The molecule has 12 aromatic heterocycles. The lowest BCUT2D eigenvalue weighted by molar-refractivity contribution is 0.438. The lowest BCUT2D eigenvalue weighted by Crippen LogP contribution is -2.01. The summed E-state index contributed by atoms with van der Waals surface area (Å²) in [6.07, 6.45) is 16.3. The Bertz CT molecular complexity index is 6900. The summed E-state index contributed by atoms with van der Waals surface area (Å²) < 4.78 is 69.5. The number of hydrogen-bond acceptors (Lipinski definition) is 20. The van der Waals surface area contributed by atoms with Crippen molar-refractivity contribution in [2.75, 3.05) is 11.5 Å². The number of nitrogens with zero attached hydrogens (tertiary/aromatic N) is 12. The molecule has 0 radical (unpaired) electrons. The maximum Gasteiger partial charge on any atom is 0.219 e. The smallest absolute Gasteiger partial charge is 0.219 e. The second kappa shape index (κ2) is 35.4. The first-order chi connectivity index (χ1) is 60.3. The Morgan fingerprint density at radius 2 is 0.637 bits per heavy atom. The molecule has 0 aliphatic heterocycles. The highest BCUT2D eigenvalue weighted by molar-refractivity contribution is 6.33. The van der Waals surface area contributed by atoms with Crippen molar-refractivity contribution in [2.45, 2.75) is 51.4 Å².